The minimum absolute atomic E-state index is 0.0294. The highest BCUT2D eigenvalue weighted by Gasteiger charge is 2.29. The lowest BCUT2D eigenvalue weighted by Crippen LogP contribution is -2.38. The molecule has 1 aliphatic heterocycles. The normalized spacial score (nSPS) is 15.9. The highest BCUT2D eigenvalue weighted by molar-refractivity contribution is 7.89. The van der Waals surface area contributed by atoms with E-state index in [0.717, 1.165) is 28.8 Å². The summed E-state index contributed by atoms with van der Waals surface area (Å²) in [7, 11) is -3.64. The number of carbonyl (C=O) groups is 1. The molecule has 0 atom stereocenters. The minimum Gasteiger partial charge on any atom is -0.494 e. The lowest BCUT2D eigenvalue weighted by atomic mass is 10.0. The van der Waals surface area contributed by atoms with Crippen molar-refractivity contribution in [3.63, 3.8) is 0 Å². The molecular formula is C20H25N5O4S2. The first-order chi connectivity index (χ1) is 14.8. The molecule has 0 spiro atoms. The van der Waals surface area contributed by atoms with Gasteiger partial charge in [0.1, 0.15) is 12.3 Å². The lowest BCUT2D eigenvalue weighted by molar-refractivity contribution is -0.116. The zero-order valence-corrected chi connectivity index (χ0v) is 19.1. The summed E-state index contributed by atoms with van der Waals surface area (Å²) in [5, 5.41) is 3.21. The van der Waals surface area contributed by atoms with Crippen LogP contribution in [0.1, 0.15) is 26.7 Å². The van der Waals surface area contributed by atoms with E-state index in [1.165, 1.54) is 32.7 Å². The van der Waals surface area contributed by atoms with E-state index < -0.39 is 10.0 Å². The van der Waals surface area contributed by atoms with Crippen molar-refractivity contribution in [2.24, 2.45) is 5.92 Å². The number of ether oxygens (including phenoxy) is 1. The number of anilines is 1. The van der Waals surface area contributed by atoms with Crippen molar-refractivity contribution in [3.8, 4) is 5.75 Å². The van der Waals surface area contributed by atoms with E-state index >= 15 is 0 Å². The van der Waals surface area contributed by atoms with E-state index in [0.29, 0.717) is 30.7 Å². The van der Waals surface area contributed by atoms with Gasteiger partial charge in [0.05, 0.1) is 23.2 Å². The van der Waals surface area contributed by atoms with Crippen molar-refractivity contribution < 1.29 is 17.9 Å². The third-order valence-corrected chi connectivity index (χ3v) is 7.92. The molecule has 1 N–H and O–H groups in total. The highest BCUT2D eigenvalue weighted by atomic mass is 32.2. The molecule has 31 heavy (non-hydrogen) atoms. The predicted molar refractivity (Wildman–Crippen MR) is 119 cm³/mol. The van der Waals surface area contributed by atoms with Crippen LogP contribution in [0.5, 0.6) is 5.75 Å². The number of imidazole rings is 1. The Labute approximate surface area is 185 Å². The number of aromatic nitrogens is 3. The van der Waals surface area contributed by atoms with Crippen molar-refractivity contribution in [2.45, 2.75) is 38.3 Å². The van der Waals surface area contributed by atoms with Crippen LogP contribution in [0.25, 0.3) is 10.2 Å². The Balaban J connectivity index is 1.40. The Morgan fingerprint density at radius 3 is 2.84 bits per heavy atom. The number of sulfonamides is 1. The summed E-state index contributed by atoms with van der Waals surface area (Å²) in [6, 6.07) is 5.58. The maximum absolute atomic E-state index is 12.8. The molecule has 3 aromatic rings. The van der Waals surface area contributed by atoms with Gasteiger partial charge in [-0.2, -0.15) is 4.31 Å². The van der Waals surface area contributed by atoms with Crippen LogP contribution in [0.3, 0.4) is 0 Å². The van der Waals surface area contributed by atoms with Crippen molar-refractivity contribution in [1.82, 2.24) is 18.8 Å². The SMILES string of the molecule is CCOc1ccc2nc(NC(=O)Cn3cnc(S(=O)(=O)N4CCC(C)CC4)c3)sc2c1. The Hall–Kier alpha value is -2.50. The number of benzene rings is 1. The Kier molecular flexibility index (Phi) is 6.26. The van der Waals surface area contributed by atoms with Crippen LogP contribution in [0.2, 0.25) is 0 Å². The van der Waals surface area contributed by atoms with Crippen LogP contribution in [0.15, 0.2) is 35.7 Å². The third kappa shape index (κ3) is 4.89. The number of fused-ring (bicyclic) bond motifs is 1. The van der Waals surface area contributed by atoms with Gasteiger partial charge < -0.3 is 14.6 Å². The van der Waals surface area contributed by atoms with Gasteiger partial charge in [-0.1, -0.05) is 18.3 Å². The molecule has 1 aromatic carbocycles. The number of hydrogen-bond donors (Lipinski definition) is 1. The molecule has 166 valence electrons. The van der Waals surface area contributed by atoms with Gasteiger partial charge in [0, 0.05) is 19.3 Å². The molecule has 1 amide bonds. The molecule has 9 nitrogen and oxygen atoms in total. The first-order valence-electron chi connectivity index (χ1n) is 10.2. The molecule has 11 heteroatoms. The second kappa shape index (κ2) is 8.93. The summed E-state index contributed by atoms with van der Waals surface area (Å²) >= 11 is 1.35. The topological polar surface area (TPSA) is 106 Å². The van der Waals surface area contributed by atoms with E-state index in [9.17, 15) is 13.2 Å². The fraction of sp³-hybridized carbons (Fsp3) is 0.450. The Morgan fingerprint density at radius 2 is 2.10 bits per heavy atom. The number of piperidine rings is 1. The molecule has 4 rings (SSSR count). The summed E-state index contributed by atoms with van der Waals surface area (Å²) in [6.07, 6.45) is 4.46. The van der Waals surface area contributed by atoms with Crippen LogP contribution < -0.4 is 10.1 Å². The first-order valence-corrected chi connectivity index (χ1v) is 12.5. The van der Waals surface area contributed by atoms with Gasteiger partial charge in [0.15, 0.2) is 10.2 Å². The Bertz CT molecular complexity index is 1180. The minimum atomic E-state index is -3.64. The monoisotopic (exact) mass is 463 g/mol. The van der Waals surface area contributed by atoms with Gasteiger partial charge in [0.25, 0.3) is 10.0 Å². The summed E-state index contributed by atoms with van der Waals surface area (Å²) in [6.45, 7) is 5.56. The summed E-state index contributed by atoms with van der Waals surface area (Å²) in [4.78, 5) is 20.9. The number of amides is 1. The van der Waals surface area contributed by atoms with Crippen molar-refractivity contribution in [1.29, 1.82) is 0 Å². The number of nitrogens with zero attached hydrogens (tertiary/aromatic N) is 4. The van der Waals surface area contributed by atoms with E-state index in [1.807, 2.05) is 25.1 Å². The van der Waals surface area contributed by atoms with Crippen molar-refractivity contribution in [2.75, 3.05) is 25.0 Å². The molecule has 0 radical (unpaired) electrons. The molecule has 1 fully saturated rings. The Morgan fingerprint density at radius 1 is 1.32 bits per heavy atom. The molecule has 0 aliphatic carbocycles. The van der Waals surface area contributed by atoms with E-state index in [1.54, 1.807) is 0 Å². The first kappa shape index (κ1) is 21.7. The van der Waals surface area contributed by atoms with Crippen LogP contribution in [0, 0.1) is 5.92 Å². The number of hydrogen-bond acceptors (Lipinski definition) is 7. The number of thiazole rings is 1. The predicted octanol–water partition coefficient (Wildman–Crippen LogP) is 2.95. The number of nitrogens with one attached hydrogen (secondary N) is 1. The average molecular weight is 464 g/mol. The zero-order valence-electron chi connectivity index (χ0n) is 17.4. The highest BCUT2D eigenvalue weighted by Crippen LogP contribution is 2.29. The maximum atomic E-state index is 12.8. The standard InChI is InChI=1S/C20H25N5O4S2/c1-3-29-15-4-5-16-17(10-15)30-20(22-16)23-18(26)11-24-12-19(21-13-24)31(27,28)25-8-6-14(2)7-9-25/h4-5,10,12-14H,3,6-9,11H2,1-2H3,(H,22,23,26). The summed E-state index contributed by atoms with van der Waals surface area (Å²) < 4.78 is 34.9. The van der Waals surface area contributed by atoms with E-state index in [2.05, 4.69) is 22.2 Å². The molecule has 3 heterocycles. The van der Waals surface area contributed by atoms with Gasteiger partial charge in [-0.15, -0.1) is 0 Å². The van der Waals surface area contributed by atoms with Gasteiger partial charge in [0.2, 0.25) is 5.91 Å². The number of rotatable bonds is 7. The molecular weight excluding hydrogens is 438 g/mol. The summed E-state index contributed by atoms with van der Waals surface area (Å²) in [5.74, 6) is 0.977. The second-order valence-electron chi connectivity index (χ2n) is 7.60. The number of carbonyl (C=O) groups excluding carboxylic acids is 1. The second-order valence-corrected chi connectivity index (χ2v) is 10.5. The molecule has 2 aromatic heterocycles. The van der Waals surface area contributed by atoms with E-state index in [-0.39, 0.29) is 17.5 Å². The van der Waals surface area contributed by atoms with Crippen LogP contribution >= 0.6 is 11.3 Å². The van der Waals surface area contributed by atoms with Gasteiger partial charge in [-0.3, -0.25) is 4.79 Å². The quantitative estimate of drug-likeness (QED) is 0.577. The van der Waals surface area contributed by atoms with Crippen molar-refractivity contribution >= 4 is 42.6 Å². The molecule has 1 aliphatic rings. The molecule has 0 saturated carbocycles. The van der Waals surface area contributed by atoms with Gasteiger partial charge in [-0.25, -0.2) is 18.4 Å². The zero-order chi connectivity index (χ0) is 22.0. The molecule has 1 saturated heterocycles. The fourth-order valence-electron chi connectivity index (χ4n) is 3.46. The lowest BCUT2D eigenvalue weighted by Gasteiger charge is -2.28. The molecule has 0 unspecified atom stereocenters. The summed E-state index contributed by atoms with van der Waals surface area (Å²) in [5.41, 5.74) is 0.774. The largest absolute Gasteiger partial charge is 0.494 e. The van der Waals surface area contributed by atoms with Crippen LogP contribution in [0.4, 0.5) is 5.13 Å². The van der Waals surface area contributed by atoms with E-state index in [4.69, 9.17) is 4.74 Å². The average Bonchev–Trinajstić information content (AvgIpc) is 3.35. The third-order valence-electron chi connectivity index (χ3n) is 5.20. The van der Waals surface area contributed by atoms with Crippen molar-refractivity contribution in [3.05, 3.63) is 30.7 Å². The van der Waals surface area contributed by atoms with Crippen LogP contribution in [-0.2, 0) is 21.4 Å². The fourth-order valence-corrected chi connectivity index (χ4v) is 5.77. The maximum Gasteiger partial charge on any atom is 0.262 e. The van der Waals surface area contributed by atoms with Crippen LogP contribution in [-0.4, -0.2) is 52.9 Å². The molecule has 0 bridgehead atoms. The van der Waals surface area contributed by atoms with Gasteiger partial charge in [-0.05, 0) is 43.9 Å². The van der Waals surface area contributed by atoms with Gasteiger partial charge >= 0.3 is 0 Å². The smallest absolute Gasteiger partial charge is 0.262 e.